The lowest BCUT2D eigenvalue weighted by atomic mass is 9.97. The summed E-state index contributed by atoms with van der Waals surface area (Å²) in [6, 6.07) is -0.0417. The Bertz CT molecular complexity index is 576. The number of aromatic nitrogens is 2. The minimum atomic E-state index is -0.468. The monoisotopic (exact) mass is 293 g/mol. The van der Waals surface area contributed by atoms with Gasteiger partial charge in [-0.15, -0.1) is 11.3 Å². The van der Waals surface area contributed by atoms with Gasteiger partial charge < -0.3 is 10.0 Å². The van der Waals surface area contributed by atoms with Gasteiger partial charge in [-0.05, 0) is 26.2 Å². The molecule has 2 aromatic heterocycles. The third-order valence-electron chi connectivity index (χ3n) is 3.90. The summed E-state index contributed by atoms with van der Waals surface area (Å²) in [6.45, 7) is 2.51. The summed E-state index contributed by atoms with van der Waals surface area (Å²) < 4.78 is 1.94. The third-order valence-corrected chi connectivity index (χ3v) is 4.67. The molecule has 2 atom stereocenters. The predicted octanol–water partition coefficient (Wildman–Crippen LogP) is 1.70. The van der Waals surface area contributed by atoms with Gasteiger partial charge in [-0.1, -0.05) is 0 Å². The SMILES string of the molecule is CC(O)C1CCCCN1C(=O)Cc1cn2ccsc2n1. The first-order valence-corrected chi connectivity index (χ1v) is 7.92. The van der Waals surface area contributed by atoms with Gasteiger partial charge in [0.15, 0.2) is 4.96 Å². The van der Waals surface area contributed by atoms with Crippen LogP contribution < -0.4 is 0 Å². The molecule has 5 nitrogen and oxygen atoms in total. The summed E-state index contributed by atoms with van der Waals surface area (Å²) in [5.41, 5.74) is 0.803. The number of imidazole rings is 1. The minimum absolute atomic E-state index is 0.0417. The zero-order valence-electron chi connectivity index (χ0n) is 11.5. The molecule has 1 saturated heterocycles. The van der Waals surface area contributed by atoms with Crippen LogP contribution in [-0.4, -0.2) is 44.0 Å². The Hall–Kier alpha value is -1.40. The first-order valence-electron chi connectivity index (χ1n) is 7.04. The van der Waals surface area contributed by atoms with Crippen LogP contribution in [0.5, 0.6) is 0 Å². The van der Waals surface area contributed by atoms with Gasteiger partial charge >= 0.3 is 0 Å². The standard InChI is InChI=1S/C14H19N3O2S/c1-10(18)12-4-2-3-5-17(12)13(19)8-11-9-16-6-7-20-14(16)15-11/h6-7,9-10,12,18H,2-5,8H2,1H3. The number of carbonyl (C=O) groups excluding carboxylic acids is 1. The number of aliphatic hydroxyl groups is 1. The number of fused-ring (bicyclic) bond motifs is 1. The molecule has 0 bridgehead atoms. The molecule has 2 unspecified atom stereocenters. The smallest absolute Gasteiger partial charge is 0.228 e. The highest BCUT2D eigenvalue weighted by Crippen LogP contribution is 2.21. The lowest BCUT2D eigenvalue weighted by Crippen LogP contribution is -2.49. The van der Waals surface area contributed by atoms with Gasteiger partial charge in [0.2, 0.25) is 5.91 Å². The second-order valence-corrected chi connectivity index (χ2v) is 6.27. The highest BCUT2D eigenvalue weighted by molar-refractivity contribution is 7.15. The fraction of sp³-hybridized carbons (Fsp3) is 0.571. The number of hydrogen-bond donors (Lipinski definition) is 1. The van der Waals surface area contributed by atoms with E-state index in [1.807, 2.05) is 27.1 Å². The Kier molecular flexibility index (Phi) is 3.76. The van der Waals surface area contributed by atoms with E-state index in [-0.39, 0.29) is 11.9 Å². The Morgan fingerprint density at radius 3 is 3.20 bits per heavy atom. The van der Waals surface area contributed by atoms with Crippen molar-refractivity contribution in [3.63, 3.8) is 0 Å². The third kappa shape index (κ3) is 2.58. The number of nitrogens with zero attached hydrogens (tertiary/aromatic N) is 3. The molecule has 20 heavy (non-hydrogen) atoms. The number of aliphatic hydroxyl groups excluding tert-OH is 1. The van der Waals surface area contributed by atoms with E-state index in [9.17, 15) is 9.90 Å². The molecule has 0 radical (unpaired) electrons. The maximum atomic E-state index is 12.5. The van der Waals surface area contributed by atoms with E-state index in [0.717, 1.165) is 36.5 Å². The molecule has 3 heterocycles. The van der Waals surface area contributed by atoms with Crippen LogP contribution >= 0.6 is 11.3 Å². The zero-order valence-corrected chi connectivity index (χ0v) is 12.3. The van der Waals surface area contributed by atoms with Gasteiger partial charge in [0.25, 0.3) is 0 Å². The largest absolute Gasteiger partial charge is 0.391 e. The molecule has 1 N–H and O–H groups in total. The molecular formula is C14H19N3O2S. The fourth-order valence-corrected chi connectivity index (χ4v) is 3.61. The van der Waals surface area contributed by atoms with E-state index in [1.54, 1.807) is 18.3 Å². The second kappa shape index (κ2) is 5.54. The maximum absolute atomic E-state index is 12.5. The van der Waals surface area contributed by atoms with Crippen molar-refractivity contribution in [1.82, 2.24) is 14.3 Å². The van der Waals surface area contributed by atoms with E-state index >= 15 is 0 Å². The molecule has 3 rings (SSSR count). The van der Waals surface area contributed by atoms with E-state index in [1.165, 1.54) is 0 Å². The zero-order chi connectivity index (χ0) is 14.1. The van der Waals surface area contributed by atoms with Crippen molar-refractivity contribution in [2.75, 3.05) is 6.54 Å². The van der Waals surface area contributed by atoms with E-state index in [4.69, 9.17) is 0 Å². The quantitative estimate of drug-likeness (QED) is 0.937. The van der Waals surface area contributed by atoms with Crippen molar-refractivity contribution in [1.29, 1.82) is 0 Å². The fourth-order valence-electron chi connectivity index (χ4n) is 2.89. The lowest BCUT2D eigenvalue weighted by Gasteiger charge is -2.37. The summed E-state index contributed by atoms with van der Waals surface area (Å²) in [5.74, 6) is 0.0707. The normalized spacial score (nSPS) is 21.3. The van der Waals surface area contributed by atoms with Crippen LogP contribution in [0.25, 0.3) is 4.96 Å². The molecule has 1 aliphatic heterocycles. The molecule has 1 aliphatic rings. The molecule has 0 saturated carbocycles. The maximum Gasteiger partial charge on any atom is 0.228 e. The van der Waals surface area contributed by atoms with Crippen LogP contribution in [0.4, 0.5) is 0 Å². The molecular weight excluding hydrogens is 274 g/mol. The Morgan fingerprint density at radius 2 is 2.45 bits per heavy atom. The van der Waals surface area contributed by atoms with Gasteiger partial charge in [0, 0.05) is 24.3 Å². The number of thiazole rings is 1. The van der Waals surface area contributed by atoms with Crippen molar-refractivity contribution in [2.45, 2.75) is 44.8 Å². The summed E-state index contributed by atoms with van der Waals surface area (Å²) in [6.07, 6.45) is 6.70. The van der Waals surface area contributed by atoms with E-state index < -0.39 is 6.10 Å². The summed E-state index contributed by atoms with van der Waals surface area (Å²) in [7, 11) is 0. The molecule has 0 aromatic carbocycles. The van der Waals surface area contributed by atoms with Gasteiger partial charge in [-0.25, -0.2) is 4.98 Å². The van der Waals surface area contributed by atoms with Crippen molar-refractivity contribution in [2.24, 2.45) is 0 Å². The number of hydrogen-bond acceptors (Lipinski definition) is 4. The number of piperidine rings is 1. The lowest BCUT2D eigenvalue weighted by molar-refractivity contribution is -0.137. The molecule has 0 aliphatic carbocycles. The summed E-state index contributed by atoms with van der Waals surface area (Å²) >= 11 is 1.56. The van der Waals surface area contributed by atoms with Crippen LogP contribution in [0.2, 0.25) is 0 Å². The van der Waals surface area contributed by atoms with Crippen LogP contribution in [0.1, 0.15) is 31.9 Å². The first kappa shape index (κ1) is 13.6. The average Bonchev–Trinajstić information content (AvgIpc) is 2.99. The number of carbonyl (C=O) groups is 1. The van der Waals surface area contributed by atoms with Crippen LogP contribution in [0.3, 0.4) is 0 Å². The first-order chi connectivity index (χ1) is 9.65. The molecule has 1 fully saturated rings. The Balaban J connectivity index is 1.72. The molecule has 6 heteroatoms. The minimum Gasteiger partial charge on any atom is -0.391 e. The van der Waals surface area contributed by atoms with Gasteiger partial charge in [-0.3, -0.25) is 9.20 Å². The van der Waals surface area contributed by atoms with Gasteiger partial charge in [0.05, 0.1) is 24.3 Å². The predicted molar refractivity (Wildman–Crippen MR) is 77.8 cm³/mol. The van der Waals surface area contributed by atoms with Crippen molar-refractivity contribution in [3.8, 4) is 0 Å². The second-order valence-electron chi connectivity index (χ2n) is 5.39. The van der Waals surface area contributed by atoms with Crippen LogP contribution in [0, 0.1) is 0 Å². The number of likely N-dealkylation sites (tertiary alicyclic amines) is 1. The van der Waals surface area contributed by atoms with E-state index in [2.05, 4.69) is 4.98 Å². The summed E-state index contributed by atoms with van der Waals surface area (Å²) in [4.78, 5) is 19.6. The molecule has 1 amide bonds. The average molecular weight is 293 g/mol. The van der Waals surface area contributed by atoms with Crippen molar-refractivity contribution in [3.05, 3.63) is 23.5 Å². The number of rotatable bonds is 3. The van der Waals surface area contributed by atoms with Gasteiger partial charge in [-0.2, -0.15) is 0 Å². The van der Waals surface area contributed by atoms with Crippen LogP contribution in [-0.2, 0) is 11.2 Å². The topological polar surface area (TPSA) is 57.8 Å². The number of amides is 1. The Labute approximate surface area is 121 Å². The van der Waals surface area contributed by atoms with Crippen molar-refractivity contribution >= 4 is 22.2 Å². The van der Waals surface area contributed by atoms with Gasteiger partial charge in [0.1, 0.15) is 0 Å². The highest BCUT2D eigenvalue weighted by atomic mass is 32.1. The molecule has 108 valence electrons. The molecule has 2 aromatic rings. The van der Waals surface area contributed by atoms with E-state index in [0.29, 0.717) is 6.42 Å². The summed E-state index contributed by atoms with van der Waals surface area (Å²) in [5, 5.41) is 11.8. The van der Waals surface area contributed by atoms with Crippen molar-refractivity contribution < 1.29 is 9.90 Å². The molecule has 0 spiro atoms. The Morgan fingerprint density at radius 1 is 1.60 bits per heavy atom. The highest BCUT2D eigenvalue weighted by Gasteiger charge is 2.30. The van der Waals surface area contributed by atoms with Crippen LogP contribution in [0.15, 0.2) is 17.8 Å².